The van der Waals surface area contributed by atoms with Gasteiger partial charge in [0.1, 0.15) is 11.3 Å². The molecule has 0 fully saturated rings. The van der Waals surface area contributed by atoms with E-state index in [0.717, 1.165) is 52.4 Å². The monoisotopic (exact) mass is 299 g/mol. The summed E-state index contributed by atoms with van der Waals surface area (Å²) in [5.41, 5.74) is 3.03. The second-order valence-corrected chi connectivity index (χ2v) is 5.54. The number of para-hydroxylation sites is 1. The summed E-state index contributed by atoms with van der Waals surface area (Å²) in [6.07, 6.45) is 1.12. The van der Waals surface area contributed by atoms with Gasteiger partial charge in [0, 0.05) is 22.5 Å². The van der Waals surface area contributed by atoms with Gasteiger partial charge in [0.25, 0.3) is 0 Å². The lowest BCUT2D eigenvalue weighted by molar-refractivity contribution is 0.631. The van der Waals surface area contributed by atoms with Crippen LogP contribution in [-0.4, -0.2) is 6.54 Å². The van der Waals surface area contributed by atoms with Crippen LogP contribution in [0.1, 0.15) is 18.9 Å². The van der Waals surface area contributed by atoms with Gasteiger partial charge in [-0.3, -0.25) is 0 Å². The molecule has 3 heteroatoms. The number of rotatable bonds is 5. The van der Waals surface area contributed by atoms with Gasteiger partial charge in [-0.05, 0) is 36.7 Å². The van der Waals surface area contributed by atoms with Crippen molar-refractivity contribution < 1.29 is 4.42 Å². The molecule has 1 heterocycles. The molecule has 0 saturated heterocycles. The molecule has 0 aliphatic carbocycles. The quantitative estimate of drug-likeness (QED) is 0.651. The Morgan fingerprint density at radius 1 is 1.10 bits per heavy atom. The van der Waals surface area contributed by atoms with Gasteiger partial charge in [0.05, 0.1) is 0 Å². The van der Waals surface area contributed by atoms with Crippen molar-refractivity contribution in [2.45, 2.75) is 19.9 Å². The summed E-state index contributed by atoms with van der Waals surface area (Å²) in [5, 5.41) is 5.25. The lowest BCUT2D eigenvalue weighted by atomic mass is 10.1. The summed E-state index contributed by atoms with van der Waals surface area (Å²) in [4.78, 5) is 0. The van der Waals surface area contributed by atoms with E-state index in [0.29, 0.717) is 0 Å². The molecule has 3 aromatic rings. The molecule has 0 aliphatic rings. The van der Waals surface area contributed by atoms with Crippen LogP contribution in [0.15, 0.2) is 52.9 Å². The first-order chi connectivity index (χ1) is 10.3. The van der Waals surface area contributed by atoms with E-state index in [4.69, 9.17) is 16.0 Å². The van der Waals surface area contributed by atoms with E-state index in [-0.39, 0.29) is 0 Å². The summed E-state index contributed by atoms with van der Waals surface area (Å²) < 4.78 is 5.87. The third-order valence-corrected chi connectivity index (χ3v) is 3.86. The molecular formula is C18H18ClNO. The maximum absolute atomic E-state index is 6.38. The number of benzene rings is 2. The number of hydrogen-bond donors (Lipinski definition) is 1. The minimum atomic E-state index is 0.775. The van der Waals surface area contributed by atoms with Crippen LogP contribution in [-0.2, 0) is 6.54 Å². The lowest BCUT2D eigenvalue weighted by Crippen LogP contribution is -2.13. The fraction of sp³-hybridized carbons (Fsp3) is 0.222. The van der Waals surface area contributed by atoms with E-state index in [2.05, 4.69) is 30.4 Å². The maximum atomic E-state index is 6.38. The van der Waals surface area contributed by atoms with Crippen molar-refractivity contribution in [3.63, 3.8) is 0 Å². The van der Waals surface area contributed by atoms with Gasteiger partial charge in [-0.1, -0.05) is 48.9 Å². The van der Waals surface area contributed by atoms with Gasteiger partial charge in [-0.25, -0.2) is 0 Å². The highest BCUT2D eigenvalue weighted by atomic mass is 35.5. The molecule has 0 saturated carbocycles. The van der Waals surface area contributed by atoms with Crippen LogP contribution in [0.4, 0.5) is 0 Å². The van der Waals surface area contributed by atoms with Crippen molar-refractivity contribution in [2.75, 3.05) is 6.54 Å². The number of nitrogens with one attached hydrogen (secondary N) is 1. The Labute approximate surface area is 129 Å². The summed E-state index contributed by atoms with van der Waals surface area (Å²) in [6.45, 7) is 3.95. The smallest absolute Gasteiger partial charge is 0.135 e. The van der Waals surface area contributed by atoms with Gasteiger partial charge in [-0.2, -0.15) is 0 Å². The number of halogens is 1. The molecule has 1 aromatic heterocycles. The van der Waals surface area contributed by atoms with Crippen LogP contribution >= 0.6 is 11.6 Å². The molecule has 0 atom stereocenters. The van der Waals surface area contributed by atoms with E-state index < -0.39 is 0 Å². The topological polar surface area (TPSA) is 25.2 Å². The van der Waals surface area contributed by atoms with E-state index in [9.17, 15) is 0 Å². The zero-order valence-electron chi connectivity index (χ0n) is 12.0. The highest BCUT2D eigenvalue weighted by Crippen LogP contribution is 2.30. The Kier molecular flexibility index (Phi) is 4.28. The highest BCUT2D eigenvalue weighted by Gasteiger charge is 2.08. The molecule has 0 bridgehead atoms. The van der Waals surface area contributed by atoms with Gasteiger partial charge in [0.15, 0.2) is 0 Å². The van der Waals surface area contributed by atoms with Gasteiger partial charge in [0.2, 0.25) is 0 Å². The standard InChI is InChI=1S/C18H18ClNO/c1-2-9-20-12-15-8-7-14(10-16(15)19)18-11-13-5-3-4-6-17(13)21-18/h3-8,10-11,20H,2,9,12H2,1H3. The fourth-order valence-electron chi connectivity index (χ4n) is 2.37. The molecule has 2 nitrogen and oxygen atoms in total. The largest absolute Gasteiger partial charge is 0.456 e. The Morgan fingerprint density at radius 3 is 2.71 bits per heavy atom. The normalized spacial score (nSPS) is 11.1. The second kappa shape index (κ2) is 6.33. The third kappa shape index (κ3) is 3.12. The predicted octanol–water partition coefficient (Wildman–Crippen LogP) is 5.25. The van der Waals surface area contributed by atoms with Crippen LogP contribution in [0.2, 0.25) is 5.02 Å². The zero-order chi connectivity index (χ0) is 14.7. The lowest BCUT2D eigenvalue weighted by Gasteiger charge is -2.07. The van der Waals surface area contributed by atoms with E-state index in [1.807, 2.05) is 30.3 Å². The number of hydrogen-bond acceptors (Lipinski definition) is 2. The molecule has 3 rings (SSSR count). The molecule has 0 unspecified atom stereocenters. The summed E-state index contributed by atoms with van der Waals surface area (Å²) in [6, 6.07) is 16.2. The molecule has 2 aromatic carbocycles. The number of furan rings is 1. The Hall–Kier alpha value is -1.77. The van der Waals surface area contributed by atoms with Gasteiger partial charge in [-0.15, -0.1) is 0 Å². The van der Waals surface area contributed by atoms with E-state index >= 15 is 0 Å². The molecule has 108 valence electrons. The first kappa shape index (κ1) is 14.2. The van der Waals surface area contributed by atoms with E-state index in [1.54, 1.807) is 0 Å². The van der Waals surface area contributed by atoms with Crippen molar-refractivity contribution in [2.24, 2.45) is 0 Å². The van der Waals surface area contributed by atoms with Crippen LogP contribution < -0.4 is 5.32 Å². The molecule has 0 spiro atoms. The SMILES string of the molecule is CCCNCc1ccc(-c2cc3ccccc3o2)cc1Cl. The minimum Gasteiger partial charge on any atom is -0.456 e. The Balaban J connectivity index is 1.87. The zero-order valence-corrected chi connectivity index (χ0v) is 12.8. The average Bonchev–Trinajstić information content (AvgIpc) is 2.93. The Bertz CT molecular complexity index is 715. The van der Waals surface area contributed by atoms with Crippen molar-refractivity contribution in [1.29, 1.82) is 0 Å². The van der Waals surface area contributed by atoms with Crippen molar-refractivity contribution in [3.8, 4) is 11.3 Å². The summed E-state index contributed by atoms with van der Waals surface area (Å²) >= 11 is 6.38. The van der Waals surface area contributed by atoms with Crippen molar-refractivity contribution in [1.82, 2.24) is 5.32 Å². The average molecular weight is 300 g/mol. The number of fused-ring (bicyclic) bond motifs is 1. The first-order valence-electron chi connectivity index (χ1n) is 7.26. The molecule has 1 N–H and O–H groups in total. The Morgan fingerprint density at radius 2 is 1.95 bits per heavy atom. The summed E-state index contributed by atoms with van der Waals surface area (Å²) in [5.74, 6) is 0.853. The second-order valence-electron chi connectivity index (χ2n) is 5.13. The van der Waals surface area contributed by atoms with Crippen LogP contribution in [0.3, 0.4) is 0 Å². The highest BCUT2D eigenvalue weighted by molar-refractivity contribution is 6.31. The predicted molar refractivity (Wildman–Crippen MR) is 88.7 cm³/mol. The summed E-state index contributed by atoms with van der Waals surface area (Å²) in [7, 11) is 0. The third-order valence-electron chi connectivity index (χ3n) is 3.51. The molecule has 0 amide bonds. The van der Waals surface area contributed by atoms with Gasteiger partial charge >= 0.3 is 0 Å². The fourth-order valence-corrected chi connectivity index (χ4v) is 2.62. The van der Waals surface area contributed by atoms with Crippen LogP contribution in [0, 0.1) is 0 Å². The van der Waals surface area contributed by atoms with Crippen LogP contribution in [0.25, 0.3) is 22.3 Å². The first-order valence-corrected chi connectivity index (χ1v) is 7.64. The molecule has 0 radical (unpaired) electrons. The minimum absolute atomic E-state index is 0.775. The maximum Gasteiger partial charge on any atom is 0.135 e. The van der Waals surface area contributed by atoms with Crippen molar-refractivity contribution >= 4 is 22.6 Å². The van der Waals surface area contributed by atoms with Gasteiger partial charge < -0.3 is 9.73 Å². The molecular weight excluding hydrogens is 282 g/mol. The van der Waals surface area contributed by atoms with Crippen molar-refractivity contribution in [3.05, 3.63) is 59.1 Å². The molecule has 0 aliphatic heterocycles. The van der Waals surface area contributed by atoms with Crippen LogP contribution in [0.5, 0.6) is 0 Å². The van der Waals surface area contributed by atoms with E-state index in [1.165, 1.54) is 0 Å². The molecule has 21 heavy (non-hydrogen) atoms.